The minimum Gasteiger partial charge on any atom is -0.491 e. The molecule has 11 heteroatoms. The van der Waals surface area contributed by atoms with Gasteiger partial charge >= 0.3 is 0 Å². The van der Waals surface area contributed by atoms with Gasteiger partial charge in [-0.25, -0.2) is 4.21 Å². The van der Waals surface area contributed by atoms with Crippen LogP contribution in [0.2, 0.25) is 5.02 Å². The van der Waals surface area contributed by atoms with Gasteiger partial charge in [0, 0.05) is 42.6 Å². The molecule has 2 bridgehead atoms. The average Bonchev–Trinajstić information content (AvgIpc) is 3.29. The quantitative estimate of drug-likeness (QED) is 0.363. The van der Waals surface area contributed by atoms with Crippen LogP contribution in [0.25, 0.3) is 0 Å². The lowest BCUT2D eigenvalue weighted by Gasteiger charge is -2.48. The van der Waals surface area contributed by atoms with Crippen molar-refractivity contribution in [2.24, 2.45) is 23.7 Å². The molecule has 3 heterocycles. The molecular formula is C39H58ClN3O6S. The number of hydrogen-bond acceptors (Lipinski definition) is 8. The fourth-order valence-electron chi connectivity index (χ4n) is 8.09. The van der Waals surface area contributed by atoms with Crippen LogP contribution in [0.5, 0.6) is 5.75 Å². The van der Waals surface area contributed by atoms with E-state index in [1.54, 1.807) is 6.07 Å². The lowest BCUT2D eigenvalue weighted by molar-refractivity contribution is -0.240. The highest BCUT2D eigenvalue weighted by molar-refractivity contribution is 7.84. The molecule has 1 saturated carbocycles. The zero-order valence-corrected chi connectivity index (χ0v) is 32.3. The third kappa shape index (κ3) is 9.04. The van der Waals surface area contributed by atoms with Gasteiger partial charge in [-0.3, -0.25) is 9.52 Å². The first-order valence-electron chi connectivity index (χ1n) is 18.5. The molecule has 2 N–H and O–H groups in total. The predicted molar refractivity (Wildman–Crippen MR) is 201 cm³/mol. The van der Waals surface area contributed by atoms with Crippen molar-refractivity contribution in [2.45, 2.75) is 89.2 Å². The van der Waals surface area contributed by atoms with Crippen LogP contribution in [-0.4, -0.2) is 91.8 Å². The number of aliphatic hydroxyl groups is 1. The molecule has 1 saturated heterocycles. The van der Waals surface area contributed by atoms with Gasteiger partial charge in [-0.15, -0.1) is 0 Å². The van der Waals surface area contributed by atoms with Crippen LogP contribution in [0.1, 0.15) is 86.7 Å². The Morgan fingerprint density at radius 2 is 1.74 bits per heavy atom. The molecular weight excluding hydrogens is 674 g/mol. The number of aryl methyl sites for hydroxylation is 1. The summed E-state index contributed by atoms with van der Waals surface area (Å²) in [6.07, 6.45) is 7.05. The molecule has 0 spiro atoms. The molecule has 9 nitrogen and oxygen atoms in total. The summed E-state index contributed by atoms with van der Waals surface area (Å²) in [5.74, 6) is 2.04. The summed E-state index contributed by atoms with van der Waals surface area (Å²) in [7, 11) is 3.66. The summed E-state index contributed by atoms with van der Waals surface area (Å²) in [6, 6.07) is 12.2. The van der Waals surface area contributed by atoms with Crippen LogP contribution >= 0.6 is 11.6 Å². The van der Waals surface area contributed by atoms with E-state index >= 15 is 0 Å². The van der Waals surface area contributed by atoms with Crippen molar-refractivity contribution < 1.29 is 28.3 Å². The third-order valence-electron chi connectivity index (χ3n) is 11.5. The van der Waals surface area contributed by atoms with E-state index in [1.165, 1.54) is 11.1 Å². The fraction of sp³-hybridized carbons (Fsp3) is 0.667. The fourth-order valence-corrected chi connectivity index (χ4v) is 9.33. The van der Waals surface area contributed by atoms with Crippen molar-refractivity contribution in [3.63, 3.8) is 0 Å². The largest absolute Gasteiger partial charge is 0.491 e. The smallest absolute Gasteiger partial charge is 0.263 e. The van der Waals surface area contributed by atoms with Gasteiger partial charge in [0.15, 0.2) is 6.29 Å². The molecule has 2 aromatic carbocycles. The average molecular weight is 732 g/mol. The molecule has 0 radical (unpaired) electrons. The maximum Gasteiger partial charge on any atom is 0.263 e. The van der Waals surface area contributed by atoms with Crippen molar-refractivity contribution >= 4 is 34.2 Å². The highest BCUT2D eigenvalue weighted by atomic mass is 35.5. The van der Waals surface area contributed by atoms with Crippen molar-refractivity contribution in [2.75, 3.05) is 59.0 Å². The number of ether oxygens (including phenoxy) is 3. The van der Waals surface area contributed by atoms with E-state index in [0.29, 0.717) is 43.1 Å². The van der Waals surface area contributed by atoms with E-state index in [0.717, 1.165) is 81.6 Å². The number of benzene rings is 2. The van der Waals surface area contributed by atoms with Gasteiger partial charge in [0.2, 0.25) is 0 Å². The molecule has 0 aromatic heterocycles. The van der Waals surface area contributed by atoms with Crippen LogP contribution < -0.4 is 14.4 Å². The van der Waals surface area contributed by atoms with Crippen LogP contribution in [0, 0.1) is 23.7 Å². The number of amides is 1. The monoisotopic (exact) mass is 731 g/mol. The van der Waals surface area contributed by atoms with Crippen molar-refractivity contribution in [3.05, 3.63) is 58.1 Å². The van der Waals surface area contributed by atoms with E-state index in [9.17, 15) is 9.00 Å². The number of nitrogens with one attached hydrogen (secondary N) is 1. The Morgan fingerprint density at radius 3 is 2.42 bits per heavy atom. The molecule has 2 fully saturated rings. The van der Waals surface area contributed by atoms with Crippen LogP contribution in [0.15, 0.2) is 36.4 Å². The van der Waals surface area contributed by atoms with E-state index < -0.39 is 11.0 Å². The topological polar surface area (TPSA) is 101 Å². The molecule has 7 unspecified atom stereocenters. The Hall–Kier alpha value is -2.21. The van der Waals surface area contributed by atoms with Gasteiger partial charge in [0.1, 0.15) is 16.7 Å². The summed E-state index contributed by atoms with van der Waals surface area (Å²) in [5.41, 5.74) is 3.98. The van der Waals surface area contributed by atoms with Crippen molar-refractivity contribution in [1.82, 2.24) is 9.62 Å². The molecule has 1 aliphatic carbocycles. The Bertz CT molecular complexity index is 1450. The maximum atomic E-state index is 13.5. The Kier molecular flexibility index (Phi) is 14.1. The highest BCUT2D eigenvalue weighted by Crippen LogP contribution is 2.47. The van der Waals surface area contributed by atoms with Gasteiger partial charge < -0.3 is 29.1 Å². The van der Waals surface area contributed by atoms with Gasteiger partial charge in [-0.2, -0.15) is 0 Å². The number of rotatable bonds is 5. The lowest BCUT2D eigenvalue weighted by atomic mass is 9.65. The number of likely N-dealkylation sites (N-methyl/N-ethyl adjacent to an activating group) is 1. The Morgan fingerprint density at radius 1 is 0.980 bits per heavy atom. The number of fused-ring (bicyclic) bond motifs is 2. The molecule has 278 valence electrons. The summed E-state index contributed by atoms with van der Waals surface area (Å²) < 4.78 is 35.7. The lowest BCUT2D eigenvalue weighted by Crippen LogP contribution is -2.51. The number of anilines is 1. The SMILES string of the molecule is CCCc1cc(Cl)ccc1C1COc2ccc3cc2N(C1)CC1CCC1C(C1OCC(N(C)C)CO1)CCCC(C)C(C)S(=O)NC3=O.CO. The molecule has 1 amide bonds. The summed E-state index contributed by atoms with van der Waals surface area (Å²) in [6.45, 7) is 9.86. The first-order chi connectivity index (χ1) is 24.1. The summed E-state index contributed by atoms with van der Waals surface area (Å²) >= 11 is 6.47. The second-order valence-corrected chi connectivity index (χ2v) is 16.8. The van der Waals surface area contributed by atoms with Crippen LogP contribution in [0.3, 0.4) is 0 Å². The first kappa shape index (κ1) is 39.0. The van der Waals surface area contributed by atoms with Crippen molar-refractivity contribution in [3.8, 4) is 5.75 Å². The maximum absolute atomic E-state index is 13.5. The normalized spacial score (nSPS) is 32.0. The number of nitrogens with zero attached hydrogens (tertiary/aromatic N) is 2. The molecule has 4 aliphatic rings. The molecule has 50 heavy (non-hydrogen) atoms. The highest BCUT2D eigenvalue weighted by Gasteiger charge is 2.44. The number of hydrogen-bond donors (Lipinski definition) is 2. The number of aliphatic hydroxyl groups excluding tert-OH is 1. The summed E-state index contributed by atoms with van der Waals surface area (Å²) in [4.78, 5) is 18.1. The molecule has 6 rings (SSSR count). The predicted octanol–water partition coefficient (Wildman–Crippen LogP) is 6.43. The minimum absolute atomic E-state index is 0.135. The zero-order chi connectivity index (χ0) is 35.9. The Labute approximate surface area is 307 Å². The van der Waals surface area contributed by atoms with E-state index in [2.05, 4.69) is 54.6 Å². The Balaban J connectivity index is 0.00000239. The van der Waals surface area contributed by atoms with Gasteiger partial charge in [-0.05, 0) is 112 Å². The van der Waals surface area contributed by atoms with Gasteiger partial charge in [-0.1, -0.05) is 44.4 Å². The number of halogens is 1. The molecule has 3 aliphatic heterocycles. The molecule has 2 aromatic rings. The second-order valence-electron chi connectivity index (χ2n) is 14.8. The number of carbonyl (C=O) groups excluding carboxylic acids is 1. The minimum atomic E-state index is -1.50. The van der Waals surface area contributed by atoms with E-state index in [4.69, 9.17) is 30.9 Å². The van der Waals surface area contributed by atoms with Crippen LogP contribution in [0.4, 0.5) is 5.69 Å². The van der Waals surface area contributed by atoms with Crippen molar-refractivity contribution in [1.29, 1.82) is 0 Å². The van der Waals surface area contributed by atoms with E-state index in [-0.39, 0.29) is 35.3 Å². The zero-order valence-electron chi connectivity index (χ0n) is 30.7. The van der Waals surface area contributed by atoms with Gasteiger partial charge in [0.25, 0.3) is 5.91 Å². The second kappa shape index (κ2) is 18.0. The standard InChI is InChI=1S/C38H54ClN3O5S.CH4O/c1-6-8-26-17-30(39)13-15-32(26)29-20-42-19-28-11-14-33(28)34(38-46-22-31(23-47-38)41(4)5)10-7-9-24(2)25(3)48(44)40-37(43)27-12-16-36(45-21-29)35(42)18-27;1-2/h12-13,15-18,24-25,28-29,31,33-34,38H,6-11,14,19-23H2,1-5H3,(H,40,43);2H,1H3. The van der Waals surface area contributed by atoms with Crippen LogP contribution in [-0.2, 0) is 26.9 Å². The third-order valence-corrected chi connectivity index (χ3v) is 13.3. The first-order valence-corrected chi connectivity index (χ1v) is 20.1. The summed E-state index contributed by atoms with van der Waals surface area (Å²) in [5, 5.41) is 7.59. The number of carbonyl (C=O) groups is 1. The molecule has 7 atom stereocenters. The van der Waals surface area contributed by atoms with Gasteiger partial charge in [0.05, 0.1) is 36.8 Å². The van der Waals surface area contributed by atoms with E-state index in [1.807, 2.05) is 25.1 Å².